The summed E-state index contributed by atoms with van der Waals surface area (Å²) in [6.07, 6.45) is 3.17. The molecule has 0 saturated carbocycles. The number of thiazole rings is 1. The minimum atomic E-state index is -0.462. The lowest BCUT2D eigenvalue weighted by atomic mass is 10.0. The van der Waals surface area contributed by atoms with Crippen LogP contribution in [-0.4, -0.2) is 57.9 Å². The van der Waals surface area contributed by atoms with Crippen LogP contribution in [0.1, 0.15) is 33.1 Å². The van der Waals surface area contributed by atoms with E-state index in [1.54, 1.807) is 17.6 Å². The highest BCUT2D eigenvalue weighted by atomic mass is 32.2. The topological polar surface area (TPSA) is 81.0 Å². The highest BCUT2D eigenvalue weighted by Crippen LogP contribution is 2.20. The summed E-state index contributed by atoms with van der Waals surface area (Å²) in [4.78, 5) is 43.2. The van der Waals surface area contributed by atoms with Gasteiger partial charge in [-0.1, -0.05) is 11.3 Å². The second-order valence-corrected chi connectivity index (χ2v) is 9.31. The first-order chi connectivity index (χ1) is 14.9. The molecule has 1 saturated heterocycles. The van der Waals surface area contributed by atoms with Crippen molar-refractivity contribution in [3.05, 3.63) is 28.8 Å². The number of aromatic nitrogens is 1. The van der Waals surface area contributed by atoms with Gasteiger partial charge in [-0.3, -0.25) is 14.4 Å². The smallest absolute Gasteiger partial charge is 0.326 e. The van der Waals surface area contributed by atoms with Crippen LogP contribution >= 0.6 is 23.1 Å². The average Bonchev–Trinajstić information content (AvgIpc) is 3.04. The summed E-state index contributed by atoms with van der Waals surface area (Å²) in [5.41, 5.74) is 0.605. The summed E-state index contributed by atoms with van der Waals surface area (Å²) in [6.45, 7) is 4.65. The lowest BCUT2D eigenvalue weighted by Crippen LogP contribution is -2.43. The number of nitrogens with zero attached hydrogens (tertiary/aromatic N) is 3. The molecule has 2 heterocycles. The van der Waals surface area contributed by atoms with Gasteiger partial charge in [0.2, 0.25) is 5.91 Å². The third-order valence-electron chi connectivity index (χ3n) is 5.03. The number of carbonyl (C=O) groups is 3. The molecule has 1 aliphatic rings. The quantitative estimate of drug-likeness (QED) is 0.585. The predicted molar refractivity (Wildman–Crippen MR) is 119 cm³/mol. The maximum Gasteiger partial charge on any atom is 0.326 e. The summed E-state index contributed by atoms with van der Waals surface area (Å²) in [5, 5.41) is 0. The van der Waals surface area contributed by atoms with E-state index in [0.717, 1.165) is 37.1 Å². The number of ether oxygens (including phenoxy) is 1. The van der Waals surface area contributed by atoms with Crippen molar-refractivity contribution in [2.75, 3.05) is 24.7 Å². The number of hydrogen-bond donors (Lipinski definition) is 0. The lowest BCUT2D eigenvalue weighted by molar-refractivity contribution is -0.143. The number of carbonyl (C=O) groups excluding carboxylic acids is 3. The number of rotatable bonds is 7. The van der Waals surface area contributed by atoms with Crippen LogP contribution in [0.15, 0.2) is 23.2 Å². The minimum absolute atomic E-state index is 0.0414. The van der Waals surface area contributed by atoms with Crippen molar-refractivity contribution in [3.8, 4) is 0 Å². The molecule has 10 heteroatoms. The molecule has 168 valence electrons. The number of amides is 2. The predicted octanol–water partition coefficient (Wildman–Crippen LogP) is 2.97. The van der Waals surface area contributed by atoms with E-state index in [1.165, 1.54) is 23.9 Å². The van der Waals surface area contributed by atoms with Crippen LogP contribution in [0.5, 0.6) is 0 Å². The number of fused-ring (bicyclic) bond motifs is 1. The molecular formula is C21H26FN3O4S2. The molecule has 0 aliphatic carbocycles. The lowest BCUT2D eigenvalue weighted by Gasteiger charge is -2.33. The molecule has 1 unspecified atom stereocenters. The van der Waals surface area contributed by atoms with Crippen LogP contribution in [0.2, 0.25) is 0 Å². The fraction of sp³-hybridized carbons (Fsp3) is 0.524. The Morgan fingerprint density at radius 1 is 1.29 bits per heavy atom. The Morgan fingerprint density at radius 3 is 2.84 bits per heavy atom. The third-order valence-corrected chi connectivity index (χ3v) is 6.98. The van der Waals surface area contributed by atoms with Crippen molar-refractivity contribution in [1.82, 2.24) is 9.47 Å². The van der Waals surface area contributed by atoms with Crippen LogP contribution in [0.3, 0.4) is 0 Å². The number of likely N-dealkylation sites (tertiary alicyclic amines) is 1. The molecule has 1 aromatic heterocycles. The van der Waals surface area contributed by atoms with E-state index in [-0.39, 0.29) is 36.6 Å². The Kier molecular flexibility index (Phi) is 8.25. The van der Waals surface area contributed by atoms with Gasteiger partial charge in [0, 0.05) is 12.6 Å². The van der Waals surface area contributed by atoms with Crippen molar-refractivity contribution in [2.45, 2.75) is 45.7 Å². The number of piperidine rings is 1. The average molecular weight is 468 g/mol. The summed E-state index contributed by atoms with van der Waals surface area (Å²) >= 11 is 2.36. The van der Waals surface area contributed by atoms with Gasteiger partial charge in [-0.15, -0.1) is 11.8 Å². The fourth-order valence-corrected chi connectivity index (χ4v) is 5.29. The minimum Gasteiger partial charge on any atom is -0.465 e. The maximum atomic E-state index is 13.6. The fourth-order valence-electron chi connectivity index (χ4n) is 3.54. The zero-order valence-corrected chi connectivity index (χ0v) is 19.3. The first-order valence-electron chi connectivity index (χ1n) is 10.3. The van der Waals surface area contributed by atoms with Gasteiger partial charge in [0.1, 0.15) is 12.4 Å². The van der Waals surface area contributed by atoms with E-state index in [0.29, 0.717) is 15.0 Å². The number of thioether (sulfide) groups is 1. The zero-order chi connectivity index (χ0) is 22.4. The summed E-state index contributed by atoms with van der Waals surface area (Å²) in [5.74, 6) is -0.956. The molecular weight excluding hydrogens is 441 g/mol. The van der Waals surface area contributed by atoms with Crippen molar-refractivity contribution < 1.29 is 23.5 Å². The molecule has 7 nitrogen and oxygen atoms in total. The van der Waals surface area contributed by atoms with Gasteiger partial charge < -0.3 is 14.2 Å². The first-order valence-corrected chi connectivity index (χ1v) is 12.3. The number of esters is 1. The van der Waals surface area contributed by atoms with Crippen molar-refractivity contribution >= 4 is 51.1 Å². The van der Waals surface area contributed by atoms with E-state index in [9.17, 15) is 18.8 Å². The normalized spacial score (nSPS) is 17.2. The standard InChI is InChI=1S/C21H26FN3O4S2/c1-3-29-20(28)11-25-16-8-7-15(22)10-17(16)31-21(25)23-18(26)12-30-13-19(27)24-9-5-4-6-14(24)2/h7-8,10,14H,3-6,9,11-13H2,1-2H3. The molecule has 0 spiro atoms. The Bertz CT molecular complexity index is 1030. The SMILES string of the molecule is CCOC(=O)Cn1c(=NC(=O)CSCC(=O)N2CCCCC2C)sc2cc(F)ccc21. The monoisotopic (exact) mass is 467 g/mol. The molecule has 2 aromatic rings. The van der Waals surface area contributed by atoms with Crippen LogP contribution in [0, 0.1) is 5.82 Å². The van der Waals surface area contributed by atoms with Gasteiger partial charge in [0.05, 0.1) is 28.3 Å². The van der Waals surface area contributed by atoms with E-state index in [4.69, 9.17) is 4.74 Å². The largest absolute Gasteiger partial charge is 0.465 e. The summed E-state index contributed by atoms with van der Waals surface area (Å²) in [7, 11) is 0. The molecule has 1 atom stereocenters. The van der Waals surface area contributed by atoms with Gasteiger partial charge in [-0.05, 0) is 51.3 Å². The van der Waals surface area contributed by atoms with Gasteiger partial charge in [-0.25, -0.2) is 4.39 Å². The number of hydrogen-bond acceptors (Lipinski definition) is 6. The molecule has 0 bridgehead atoms. The van der Waals surface area contributed by atoms with Gasteiger partial charge >= 0.3 is 5.97 Å². The Labute approximate surface area is 188 Å². The summed E-state index contributed by atoms with van der Waals surface area (Å²) in [6, 6.07) is 4.43. The molecule has 1 fully saturated rings. The molecule has 1 aliphatic heterocycles. The van der Waals surface area contributed by atoms with Crippen LogP contribution in [0.25, 0.3) is 10.2 Å². The van der Waals surface area contributed by atoms with Gasteiger partial charge in [-0.2, -0.15) is 4.99 Å². The third kappa shape index (κ3) is 6.16. The highest BCUT2D eigenvalue weighted by molar-refractivity contribution is 8.00. The van der Waals surface area contributed by atoms with Crippen LogP contribution in [-0.2, 0) is 25.7 Å². The van der Waals surface area contributed by atoms with Gasteiger partial charge in [0.15, 0.2) is 4.80 Å². The molecule has 31 heavy (non-hydrogen) atoms. The maximum absolute atomic E-state index is 13.6. The van der Waals surface area contributed by atoms with E-state index < -0.39 is 17.7 Å². The van der Waals surface area contributed by atoms with Crippen molar-refractivity contribution in [2.24, 2.45) is 4.99 Å². The number of benzene rings is 1. The molecule has 3 rings (SSSR count). The molecule has 0 radical (unpaired) electrons. The van der Waals surface area contributed by atoms with E-state index in [2.05, 4.69) is 11.9 Å². The summed E-state index contributed by atoms with van der Waals surface area (Å²) < 4.78 is 20.8. The molecule has 2 amide bonds. The molecule has 1 aromatic carbocycles. The van der Waals surface area contributed by atoms with Gasteiger partial charge in [0.25, 0.3) is 5.91 Å². The Hall–Kier alpha value is -2.20. The van der Waals surface area contributed by atoms with Crippen molar-refractivity contribution in [3.63, 3.8) is 0 Å². The van der Waals surface area contributed by atoms with Crippen molar-refractivity contribution in [1.29, 1.82) is 0 Å². The van der Waals surface area contributed by atoms with Crippen LogP contribution < -0.4 is 4.80 Å². The zero-order valence-electron chi connectivity index (χ0n) is 17.6. The van der Waals surface area contributed by atoms with E-state index in [1.807, 2.05) is 4.90 Å². The Morgan fingerprint density at radius 2 is 2.10 bits per heavy atom. The highest BCUT2D eigenvalue weighted by Gasteiger charge is 2.23. The second-order valence-electron chi connectivity index (χ2n) is 7.32. The number of halogens is 1. The Balaban J connectivity index is 1.70. The first kappa shape index (κ1) is 23.5. The van der Waals surface area contributed by atoms with E-state index >= 15 is 0 Å². The molecule has 0 N–H and O–H groups in total. The van der Waals surface area contributed by atoms with Crippen LogP contribution in [0.4, 0.5) is 4.39 Å². The second kappa shape index (κ2) is 10.9.